The van der Waals surface area contributed by atoms with Crippen LogP contribution in [0.15, 0.2) is 48.5 Å². The molecule has 3 nitrogen and oxygen atoms in total. The third-order valence-corrected chi connectivity index (χ3v) is 3.28. The Bertz CT molecular complexity index is 543. The first kappa shape index (κ1) is 14.7. The van der Waals surface area contributed by atoms with Crippen molar-refractivity contribution in [2.45, 2.75) is 12.5 Å². The van der Waals surface area contributed by atoms with Crippen molar-refractivity contribution in [3.63, 3.8) is 0 Å². The van der Waals surface area contributed by atoms with E-state index in [1.807, 2.05) is 30.3 Å². The molecule has 0 aliphatic rings. The summed E-state index contributed by atoms with van der Waals surface area (Å²) in [6.45, 7) is 0.441. The third-order valence-electron chi connectivity index (χ3n) is 2.96. The van der Waals surface area contributed by atoms with Crippen molar-refractivity contribution < 1.29 is 14.6 Å². The molecule has 0 fully saturated rings. The van der Waals surface area contributed by atoms with Crippen LogP contribution in [0, 0.1) is 0 Å². The maximum Gasteiger partial charge on any atom is 0.137 e. The lowest BCUT2D eigenvalue weighted by Crippen LogP contribution is -2.05. The largest absolute Gasteiger partial charge is 0.495 e. The number of para-hydroxylation sites is 1. The van der Waals surface area contributed by atoms with Crippen molar-refractivity contribution in [2.75, 3.05) is 13.7 Å². The van der Waals surface area contributed by atoms with Crippen molar-refractivity contribution in [2.24, 2.45) is 0 Å². The molecule has 2 aromatic carbocycles. The van der Waals surface area contributed by atoms with Crippen molar-refractivity contribution in [3.8, 4) is 11.5 Å². The van der Waals surface area contributed by atoms with Gasteiger partial charge in [0.1, 0.15) is 11.5 Å². The van der Waals surface area contributed by atoms with Crippen LogP contribution in [0.4, 0.5) is 0 Å². The van der Waals surface area contributed by atoms with Gasteiger partial charge in [-0.3, -0.25) is 0 Å². The fourth-order valence-electron chi connectivity index (χ4n) is 1.86. The summed E-state index contributed by atoms with van der Waals surface area (Å²) in [5.41, 5.74) is 0.767. The van der Waals surface area contributed by atoms with E-state index in [4.69, 9.17) is 21.1 Å². The van der Waals surface area contributed by atoms with E-state index in [0.717, 1.165) is 11.3 Å². The number of halogens is 1. The minimum Gasteiger partial charge on any atom is -0.495 e. The Labute approximate surface area is 123 Å². The monoisotopic (exact) mass is 292 g/mol. The number of rotatable bonds is 6. The van der Waals surface area contributed by atoms with Crippen molar-refractivity contribution >= 4 is 11.6 Å². The van der Waals surface area contributed by atoms with Gasteiger partial charge in [0, 0.05) is 6.42 Å². The van der Waals surface area contributed by atoms with Crippen LogP contribution in [0.5, 0.6) is 11.5 Å². The zero-order valence-corrected chi connectivity index (χ0v) is 12.0. The highest BCUT2D eigenvalue weighted by Gasteiger charge is 2.10. The van der Waals surface area contributed by atoms with Gasteiger partial charge in [-0.25, -0.2) is 0 Å². The van der Waals surface area contributed by atoms with E-state index in [2.05, 4.69) is 0 Å². The molecule has 0 heterocycles. The second-order valence-electron chi connectivity index (χ2n) is 4.36. The molecule has 0 aromatic heterocycles. The van der Waals surface area contributed by atoms with Gasteiger partial charge in [-0.1, -0.05) is 35.9 Å². The maximum absolute atomic E-state index is 10.1. The number of aliphatic hydroxyl groups is 1. The molecule has 1 N–H and O–H groups in total. The summed E-state index contributed by atoms with van der Waals surface area (Å²) in [5.74, 6) is 1.36. The van der Waals surface area contributed by atoms with Gasteiger partial charge in [-0.15, -0.1) is 0 Å². The number of methoxy groups -OCH3 is 1. The molecule has 2 aromatic rings. The highest BCUT2D eigenvalue weighted by Crippen LogP contribution is 2.28. The average molecular weight is 293 g/mol. The van der Waals surface area contributed by atoms with Gasteiger partial charge in [0.2, 0.25) is 0 Å². The average Bonchev–Trinajstić information content (AvgIpc) is 2.48. The van der Waals surface area contributed by atoms with Crippen LogP contribution >= 0.6 is 11.6 Å². The summed E-state index contributed by atoms with van der Waals surface area (Å²) in [4.78, 5) is 0. The molecule has 106 valence electrons. The van der Waals surface area contributed by atoms with Gasteiger partial charge in [0.15, 0.2) is 0 Å². The fourth-order valence-corrected chi connectivity index (χ4v) is 2.05. The van der Waals surface area contributed by atoms with E-state index in [9.17, 15) is 5.11 Å². The molecule has 2 rings (SSSR count). The van der Waals surface area contributed by atoms with E-state index < -0.39 is 6.10 Å². The van der Waals surface area contributed by atoms with Crippen molar-refractivity contribution in [3.05, 3.63) is 59.1 Å². The summed E-state index contributed by atoms with van der Waals surface area (Å²) in [5, 5.41) is 10.7. The van der Waals surface area contributed by atoms with Crippen molar-refractivity contribution in [1.82, 2.24) is 0 Å². The molecule has 0 aliphatic carbocycles. The molecule has 0 bridgehead atoms. The maximum atomic E-state index is 10.1. The van der Waals surface area contributed by atoms with Gasteiger partial charge in [-0.2, -0.15) is 0 Å². The Morgan fingerprint density at radius 1 is 1.15 bits per heavy atom. The van der Waals surface area contributed by atoms with Gasteiger partial charge in [-0.05, 0) is 29.8 Å². The molecular formula is C16H17ClO3. The lowest BCUT2D eigenvalue weighted by molar-refractivity contribution is 0.140. The zero-order chi connectivity index (χ0) is 14.4. The summed E-state index contributed by atoms with van der Waals surface area (Å²) in [6, 6.07) is 14.8. The lowest BCUT2D eigenvalue weighted by Gasteiger charge is -2.13. The highest BCUT2D eigenvalue weighted by atomic mass is 35.5. The van der Waals surface area contributed by atoms with E-state index in [1.54, 1.807) is 25.3 Å². The minimum atomic E-state index is -0.607. The highest BCUT2D eigenvalue weighted by molar-refractivity contribution is 6.32. The Morgan fingerprint density at radius 2 is 1.90 bits per heavy atom. The first-order valence-corrected chi connectivity index (χ1v) is 6.78. The molecule has 20 heavy (non-hydrogen) atoms. The molecule has 4 heteroatoms. The van der Waals surface area contributed by atoms with Gasteiger partial charge in [0.25, 0.3) is 0 Å². The predicted octanol–water partition coefficient (Wildman–Crippen LogP) is 3.85. The molecule has 0 saturated carbocycles. The zero-order valence-electron chi connectivity index (χ0n) is 11.3. The molecule has 0 radical (unpaired) electrons. The van der Waals surface area contributed by atoms with Crippen LogP contribution in [0.3, 0.4) is 0 Å². The summed E-state index contributed by atoms with van der Waals surface area (Å²) in [6.07, 6.45) is -0.107. The second kappa shape index (κ2) is 7.17. The van der Waals surface area contributed by atoms with Crippen LogP contribution in [0.25, 0.3) is 0 Å². The first-order valence-electron chi connectivity index (χ1n) is 6.40. The van der Waals surface area contributed by atoms with Gasteiger partial charge in [0.05, 0.1) is 24.8 Å². The predicted molar refractivity (Wildman–Crippen MR) is 79.5 cm³/mol. The molecule has 0 spiro atoms. The van der Waals surface area contributed by atoms with Gasteiger partial charge >= 0.3 is 0 Å². The molecule has 1 unspecified atom stereocenters. The van der Waals surface area contributed by atoms with E-state index in [1.165, 1.54) is 0 Å². The SMILES string of the molecule is COc1cc(C(O)CCOc2ccccc2)ccc1Cl. The van der Waals surface area contributed by atoms with Gasteiger partial charge < -0.3 is 14.6 Å². The summed E-state index contributed by atoms with van der Waals surface area (Å²) < 4.78 is 10.7. The number of benzene rings is 2. The van der Waals surface area contributed by atoms with E-state index >= 15 is 0 Å². The van der Waals surface area contributed by atoms with Crippen LogP contribution in [-0.4, -0.2) is 18.8 Å². The molecular weight excluding hydrogens is 276 g/mol. The van der Waals surface area contributed by atoms with Crippen LogP contribution < -0.4 is 9.47 Å². The number of hydrogen-bond acceptors (Lipinski definition) is 3. The normalized spacial score (nSPS) is 11.9. The molecule has 0 saturated heterocycles. The molecule has 1 atom stereocenters. The van der Waals surface area contributed by atoms with E-state index in [-0.39, 0.29) is 0 Å². The first-order chi connectivity index (χ1) is 9.70. The number of ether oxygens (including phenoxy) is 2. The lowest BCUT2D eigenvalue weighted by atomic mass is 10.1. The fraction of sp³-hybridized carbons (Fsp3) is 0.250. The van der Waals surface area contributed by atoms with E-state index in [0.29, 0.717) is 23.8 Å². The topological polar surface area (TPSA) is 38.7 Å². The quantitative estimate of drug-likeness (QED) is 0.879. The second-order valence-corrected chi connectivity index (χ2v) is 4.77. The summed E-state index contributed by atoms with van der Waals surface area (Å²) >= 11 is 5.95. The summed E-state index contributed by atoms with van der Waals surface area (Å²) in [7, 11) is 1.55. The minimum absolute atomic E-state index is 0.441. The molecule has 0 amide bonds. The Hall–Kier alpha value is -1.71. The molecule has 0 aliphatic heterocycles. The standard InChI is InChI=1S/C16H17ClO3/c1-19-16-11-12(7-8-14(16)17)15(18)9-10-20-13-5-3-2-4-6-13/h2-8,11,15,18H,9-10H2,1H3. The van der Waals surface area contributed by atoms with Crippen LogP contribution in [-0.2, 0) is 0 Å². The van der Waals surface area contributed by atoms with Crippen LogP contribution in [0.2, 0.25) is 5.02 Å². The Morgan fingerprint density at radius 3 is 2.60 bits per heavy atom. The smallest absolute Gasteiger partial charge is 0.137 e. The number of hydrogen-bond donors (Lipinski definition) is 1. The number of aliphatic hydroxyl groups excluding tert-OH is 1. The Kier molecular flexibility index (Phi) is 5.27. The van der Waals surface area contributed by atoms with Crippen molar-refractivity contribution in [1.29, 1.82) is 0 Å². The van der Waals surface area contributed by atoms with Crippen LogP contribution in [0.1, 0.15) is 18.1 Å². The Balaban J connectivity index is 1.90. The third kappa shape index (κ3) is 3.89.